The van der Waals surface area contributed by atoms with E-state index in [1.54, 1.807) is 0 Å². The van der Waals surface area contributed by atoms with Crippen molar-refractivity contribution in [3.8, 4) is 0 Å². The number of nitrogens with zero attached hydrogens (tertiary/aromatic N) is 2. The van der Waals surface area contributed by atoms with Crippen molar-refractivity contribution in [2.45, 2.75) is 228 Å². The van der Waals surface area contributed by atoms with Crippen LogP contribution in [0.2, 0.25) is 0 Å². The second-order valence-electron chi connectivity index (χ2n) is 17.4. The molecule has 0 spiro atoms. The fourth-order valence-corrected chi connectivity index (χ4v) is 10.5. The van der Waals surface area contributed by atoms with Crippen molar-refractivity contribution >= 4 is 33.4 Å². The van der Waals surface area contributed by atoms with Gasteiger partial charge in [-0.15, -0.1) is 0 Å². The molecule has 0 bridgehead atoms. The highest BCUT2D eigenvalue weighted by Gasteiger charge is 2.20. The summed E-state index contributed by atoms with van der Waals surface area (Å²) in [6.45, 7) is 26.1. The number of carbonyl (C=O) groups is 2. The highest BCUT2D eigenvalue weighted by atomic mass is 33.1. The number of unbranched alkanes of at least 4 members (excludes halogenated alkanes) is 24. The van der Waals surface area contributed by atoms with E-state index in [4.69, 9.17) is 0 Å². The van der Waals surface area contributed by atoms with Crippen LogP contribution in [0.25, 0.3) is 0 Å². The van der Waals surface area contributed by atoms with Crippen molar-refractivity contribution in [3.05, 3.63) is 0 Å². The lowest BCUT2D eigenvalue weighted by Gasteiger charge is -2.35. The van der Waals surface area contributed by atoms with Gasteiger partial charge in [0, 0.05) is 37.4 Å². The van der Waals surface area contributed by atoms with Crippen LogP contribution < -0.4 is 10.6 Å². The molecule has 0 aliphatic rings. The van der Waals surface area contributed by atoms with Gasteiger partial charge in [0.1, 0.15) is 0 Å². The zero-order chi connectivity index (χ0) is 42.0. The monoisotopic (exact) mass is 843 g/mol. The van der Waals surface area contributed by atoms with Crippen molar-refractivity contribution < 1.29 is 18.6 Å². The summed E-state index contributed by atoms with van der Waals surface area (Å²) in [4.78, 5) is 24.3. The Balaban J connectivity index is 3.34. The topological polar surface area (TPSA) is 58.2 Å². The van der Waals surface area contributed by atoms with Crippen LogP contribution in [0.3, 0.4) is 0 Å². The van der Waals surface area contributed by atoms with Crippen LogP contribution in [0.4, 0.5) is 0 Å². The number of nitrogens with one attached hydrogen (secondary N) is 2. The first-order valence-corrected chi connectivity index (χ1v) is 27.8. The third-order valence-electron chi connectivity index (χ3n) is 13.4. The van der Waals surface area contributed by atoms with Gasteiger partial charge in [0.05, 0.1) is 52.4 Å². The van der Waals surface area contributed by atoms with Gasteiger partial charge in [-0.05, 0) is 86.5 Å². The predicted molar refractivity (Wildman–Crippen MR) is 258 cm³/mol. The molecule has 0 heterocycles. The van der Waals surface area contributed by atoms with Gasteiger partial charge in [0.15, 0.2) is 0 Å². The Morgan fingerprint density at radius 1 is 0.333 bits per heavy atom. The van der Waals surface area contributed by atoms with Crippen LogP contribution in [-0.2, 0) is 9.59 Å². The lowest BCUT2D eigenvalue weighted by atomic mass is 10.0. The molecule has 0 atom stereocenters. The number of hydrogen-bond acceptors (Lipinski definition) is 4. The molecular weight excluding hydrogens is 741 g/mol. The van der Waals surface area contributed by atoms with E-state index in [2.05, 4.69) is 52.2 Å². The molecule has 0 aliphatic heterocycles. The first-order chi connectivity index (χ1) is 27.9. The minimum absolute atomic E-state index is 0.210. The van der Waals surface area contributed by atoms with Gasteiger partial charge in [-0.25, -0.2) is 0 Å². The van der Waals surface area contributed by atoms with Crippen molar-refractivity contribution in [1.82, 2.24) is 10.6 Å². The molecule has 0 aliphatic carbocycles. The molecule has 0 aromatic rings. The summed E-state index contributed by atoms with van der Waals surface area (Å²) in [5.74, 6) is 2.40. The van der Waals surface area contributed by atoms with Crippen LogP contribution in [0.15, 0.2) is 0 Å². The number of quaternary nitrogens is 2. The molecule has 0 aromatic carbocycles. The zero-order valence-electron chi connectivity index (χ0n) is 39.5. The van der Waals surface area contributed by atoms with Gasteiger partial charge in [0.25, 0.3) is 0 Å². The summed E-state index contributed by atoms with van der Waals surface area (Å²) >= 11 is 0. The summed E-state index contributed by atoms with van der Waals surface area (Å²) < 4.78 is 2.60. The summed E-state index contributed by atoms with van der Waals surface area (Å²) in [7, 11) is 3.68. The van der Waals surface area contributed by atoms with Crippen molar-refractivity contribution in [2.75, 3.05) is 77.0 Å². The molecule has 0 aromatic heterocycles. The fourth-order valence-electron chi connectivity index (χ4n) is 8.53. The van der Waals surface area contributed by atoms with E-state index in [1.807, 2.05) is 21.6 Å². The summed E-state index contributed by atoms with van der Waals surface area (Å²) in [5, 5.41) is 6.19. The molecule has 0 saturated heterocycles. The minimum Gasteiger partial charge on any atom is -0.356 e. The van der Waals surface area contributed by atoms with E-state index in [0.717, 1.165) is 43.9 Å². The largest absolute Gasteiger partial charge is 0.356 e. The van der Waals surface area contributed by atoms with Crippen molar-refractivity contribution in [3.63, 3.8) is 0 Å². The normalized spacial score (nSPS) is 12.0. The number of hydrogen-bond donors (Lipinski definition) is 2. The highest BCUT2D eigenvalue weighted by Crippen LogP contribution is 2.21. The Morgan fingerprint density at radius 3 is 0.912 bits per heavy atom. The molecule has 2 amide bonds. The molecular formula is C49H102N4O2S2+2. The van der Waals surface area contributed by atoms with E-state index >= 15 is 0 Å². The van der Waals surface area contributed by atoms with Crippen LogP contribution in [0.1, 0.15) is 228 Å². The van der Waals surface area contributed by atoms with E-state index < -0.39 is 0 Å². The third-order valence-corrected chi connectivity index (χ3v) is 15.9. The average Bonchev–Trinajstić information content (AvgIpc) is 3.23. The minimum atomic E-state index is 0.210. The summed E-state index contributed by atoms with van der Waals surface area (Å²) in [5.41, 5.74) is 0. The Kier molecular flexibility index (Phi) is 41.9. The highest BCUT2D eigenvalue weighted by molar-refractivity contribution is 8.76. The molecule has 0 saturated carbocycles. The number of carbonyl (C=O) groups excluding carboxylic acids is 2. The van der Waals surface area contributed by atoms with Crippen LogP contribution in [0.5, 0.6) is 0 Å². The molecule has 8 heteroatoms. The predicted octanol–water partition coefficient (Wildman–Crippen LogP) is 13.7. The lowest BCUT2D eigenvalue weighted by molar-refractivity contribution is -0.923. The first kappa shape index (κ1) is 56.6. The lowest BCUT2D eigenvalue weighted by Crippen LogP contribution is -2.48. The van der Waals surface area contributed by atoms with E-state index in [1.165, 1.54) is 215 Å². The first-order valence-electron chi connectivity index (χ1n) is 25.3. The maximum absolute atomic E-state index is 12.2. The SMILES string of the molecule is CC[N+](CC)(CC)CCCCCCCCCCCCCCCC(=O)NCCCSSCCNC(=O)CCCCCCCCCCCCCCC[N+](CC)(CC)CC. The second-order valence-corrected chi connectivity index (χ2v) is 20.1. The summed E-state index contributed by atoms with van der Waals surface area (Å²) in [6, 6.07) is 0. The third kappa shape index (κ3) is 34.9. The smallest absolute Gasteiger partial charge is 0.220 e. The van der Waals surface area contributed by atoms with E-state index in [9.17, 15) is 9.59 Å². The van der Waals surface area contributed by atoms with Crippen LogP contribution >= 0.6 is 21.6 Å². The van der Waals surface area contributed by atoms with Gasteiger partial charge in [0.2, 0.25) is 11.8 Å². The van der Waals surface area contributed by atoms with Gasteiger partial charge in [-0.3, -0.25) is 9.59 Å². The molecule has 0 radical (unpaired) electrons. The van der Waals surface area contributed by atoms with Crippen molar-refractivity contribution in [2.24, 2.45) is 0 Å². The van der Waals surface area contributed by atoms with Crippen molar-refractivity contribution in [1.29, 1.82) is 0 Å². The van der Waals surface area contributed by atoms with Gasteiger partial charge in [-0.1, -0.05) is 150 Å². The van der Waals surface area contributed by atoms with E-state index in [0.29, 0.717) is 12.8 Å². The van der Waals surface area contributed by atoms with Gasteiger partial charge >= 0.3 is 0 Å². The second kappa shape index (κ2) is 42.3. The number of amides is 2. The molecule has 2 N–H and O–H groups in total. The zero-order valence-corrected chi connectivity index (χ0v) is 41.2. The quantitative estimate of drug-likeness (QED) is 0.0364. The Morgan fingerprint density at radius 2 is 0.596 bits per heavy atom. The fraction of sp³-hybridized carbons (Fsp3) is 0.959. The molecule has 340 valence electrons. The Bertz CT molecular complexity index is 784. The molecule has 6 nitrogen and oxygen atoms in total. The van der Waals surface area contributed by atoms with Gasteiger partial charge in [-0.2, -0.15) is 0 Å². The van der Waals surface area contributed by atoms with E-state index in [-0.39, 0.29) is 11.8 Å². The maximum atomic E-state index is 12.2. The average molecular weight is 844 g/mol. The van der Waals surface area contributed by atoms with Gasteiger partial charge < -0.3 is 19.6 Å². The van der Waals surface area contributed by atoms with Crippen LogP contribution in [0, 0.1) is 0 Å². The Labute approximate surface area is 365 Å². The molecule has 57 heavy (non-hydrogen) atoms. The molecule has 0 rings (SSSR count). The summed E-state index contributed by atoms with van der Waals surface area (Å²) in [6.07, 6.45) is 37.2. The standard InChI is InChI=1S/C49H100N4O2S2/c1-7-52(8-2,9-3)44-37-33-29-25-21-17-13-15-19-23-27-31-35-40-48(54)50-42-39-46-56-57-47-43-51-49(55)41-36-32-28-24-20-16-14-18-22-26-30-34-38-45-53(10-4,11-5)12-6/h7-47H2,1-6H3/p+2. The number of rotatable bonds is 46. The maximum Gasteiger partial charge on any atom is 0.220 e. The molecule has 0 unspecified atom stereocenters. The Hall–Kier alpha value is -0.440. The van der Waals surface area contributed by atoms with Crippen LogP contribution in [-0.4, -0.2) is 97.7 Å². The molecule has 0 fully saturated rings.